The fourth-order valence-corrected chi connectivity index (χ4v) is 1.54. The largest absolute Gasteiger partial charge is 0.317 e. The zero-order valence-electron chi connectivity index (χ0n) is 9.38. The highest BCUT2D eigenvalue weighted by atomic mass is 32.1. The number of nitrogens with two attached hydrogens (primary N) is 2. The SMILES string of the molecule is CNC[C@@](N)(CS)NC[C@](N)(CS)NC. The van der Waals surface area contributed by atoms with Crippen LogP contribution in [0.1, 0.15) is 0 Å². The van der Waals surface area contributed by atoms with Gasteiger partial charge in [0.05, 0.1) is 11.3 Å². The molecule has 7 heteroatoms. The van der Waals surface area contributed by atoms with Crippen LogP contribution in [0.15, 0.2) is 0 Å². The quantitative estimate of drug-likeness (QED) is 0.205. The first kappa shape index (κ1) is 15.5. The Morgan fingerprint density at radius 2 is 1.53 bits per heavy atom. The molecule has 0 spiro atoms. The zero-order valence-corrected chi connectivity index (χ0v) is 11.2. The second kappa shape index (κ2) is 6.95. The molecular formula is C8H23N5S2. The lowest BCUT2D eigenvalue weighted by molar-refractivity contribution is 0.296. The Hall–Kier alpha value is 0.500. The number of nitrogens with one attached hydrogen (secondary N) is 3. The van der Waals surface area contributed by atoms with Crippen molar-refractivity contribution in [1.82, 2.24) is 16.0 Å². The minimum Gasteiger partial charge on any atom is -0.317 e. The van der Waals surface area contributed by atoms with Gasteiger partial charge in [-0.05, 0) is 14.1 Å². The molecule has 7 N–H and O–H groups in total. The van der Waals surface area contributed by atoms with Gasteiger partial charge in [0.2, 0.25) is 0 Å². The van der Waals surface area contributed by atoms with Crippen molar-refractivity contribution in [2.24, 2.45) is 11.5 Å². The monoisotopic (exact) mass is 253 g/mol. The van der Waals surface area contributed by atoms with Crippen molar-refractivity contribution in [3.63, 3.8) is 0 Å². The maximum atomic E-state index is 6.07. The molecule has 0 aliphatic heterocycles. The number of thiol groups is 2. The van der Waals surface area contributed by atoms with Crippen LogP contribution in [-0.4, -0.2) is 50.0 Å². The Morgan fingerprint density at radius 3 is 1.87 bits per heavy atom. The van der Waals surface area contributed by atoms with Gasteiger partial charge in [-0.25, -0.2) is 0 Å². The van der Waals surface area contributed by atoms with E-state index in [0.29, 0.717) is 24.6 Å². The average Bonchev–Trinajstić information content (AvgIpc) is 2.26. The summed E-state index contributed by atoms with van der Waals surface area (Å²) in [5, 5.41) is 9.21. The fourth-order valence-electron chi connectivity index (χ4n) is 1.05. The third-order valence-electron chi connectivity index (χ3n) is 2.31. The summed E-state index contributed by atoms with van der Waals surface area (Å²) in [6.07, 6.45) is 0. The Balaban J connectivity index is 4.20. The van der Waals surface area contributed by atoms with Gasteiger partial charge in [0.1, 0.15) is 0 Å². The van der Waals surface area contributed by atoms with Gasteiger partial charge < -0.3 is 22.1 Å². The number of hydrogen-bond donors (Lipinski definition) is 7. The predicted molar refractivity (Wildman–Crippen MR) is 72.5 cm³/mol. The van der Waals surface area contributed by atoms with Crippen LogP contribution in [0.4, 0.5) is 0 Å². The molecule has 0 radical (unpaired) electrons. The standard InChI is InChI=1S/C8H23N5S2/c1-11-3-8(10,6-15)13-4-7(9,5-14)12-2/h11-15H,3-6,9-10H2,1-2H3/t7-,8+/m1/s1. The zero-order chi connectivity index (χ0) is 11.9. The maximum Gasteiger partial charge on any atom is 0.0881 e. The summed E-state index contributed by atoms with van der Waals surface area (Å²) in [5.74, 6) is 1.05. The van der Waals surface area contributed by atoms with Crippen molar-refractivity contribution >= 4 is 25.3 Å². The van der Waals surface area contributed by atoms with Crippen LogP contribution in [-0.2, 0) is 0 Å². The van der Waals surface area contributed by atoms with Crippen molar-refractivity contribution in [2.75, 3.05) is 38.7 Å². The first-order valence-corrected chi connectivity index (χ1v) is 6.10. The van der Waals surface area contributed by atoms with Crippen molar-refractivity contribution in [3.05, 3.63) is 0 Å². The van der Waals surface area contributed by atoms with E-state index in [-0.39, 0.29) is 0 Å². The Labute approximate surface area is 103 Å². The fraction of sp³-hybridized carbons (Fsp3) is 1.00. The summed E-state index contributed by atoms with van der Waals surface area (Å²) >= 11 is 8.41. The van der Waals surface area contributed by atoms with E-state index in [1.807, 2.05) is 7.05 Å². The van der Waals surface area contributed by atoms with Crippen molar-refractivity contribution < 1.29 is 0 Å². The number of likely N-dealkylation sites (N-methyl/N-ethyl adjacent to an activating group) is 2. The third kappa shape index (κ3) is 5.39. The molecule has 0 heterocycles. The molecule has 0 aromatic heterocycles. The third-order valence-corrected chi connectivity index (χ3v) is 3.44. The number of rotatable bonds is 8. The van der Waals surface area contributed by atoms with Gasteiger partial charge in [-0.15, -0.1) is 0 Å². The van der Waals surface area contributed by atoms with Gasteiger partial charge in [0, 0.05) is 24.6 Å². The molecule has 0 aromatic carbocycles. The van der Waals surface area contributed by atoms with Gasteiger partial charge in [0.15, 0.2) is 0 Å². The molecule has 0 saturated heterocycles. The van der Waals surface area contributed by atoms with Gasteiger partial charge in [-0.2, -0.15) is 25.3 Å². The van der Waals surface area contributed by atoms with Crippen molar-refractivity contribution in [3.8, 4) is 0 Å². The average molecular weight is 253 g/mol. The van der Waals surface area contributed by atoms with Crippen molar-refractivity contribution in [1.29, 1.82) is 0 Å². The molecular weight excluding hydrogens is 230 g/mol. The molecule has 0 aliphatic rings. The van der Waals surface area contributed by atoms with E-state index in [1.165, 1.54) is 0 Å². The molecule has 0 bridgehead atoms. The maximum absolute atomic E-state index is 6.07. The second-order valence-corrected chi connectivity index (χ2v) is 4.39. The van der Waals surface area contributed by atoms with Crippen LogP contribution in [0.5, 0.6) is 0 Å². The first-order valence-electron chi connectivity index (χ1n) is 4.83. The highest BCUT2D eigenvalue weighted by Gasteiger charge is 2.27. The summed E-state index contributed by atoms with van der Waals surface area (Å²) in [7, 11) is 3.65. The van der Waals surface area contributed by atoms with E-state index in [1.54, 1.807) is 7.05 Å². The lowest BCUT2D eigenvalue weighted by Gasteiger charge is -2.35. The summed E-state index contributed by atoms with van der Waals surface area (Å²) in [4.78, 5) is 0. The van der Waals surface area contributed by atoms with E-state index < -0.39 is 11.3 Å². The Kier molecular flexibility index (Phi) is 7.18. The van der Waals surface area contributed by atoms with Crippen LogP contribution in [0, 0.1) is 0 Å². The van der Waals surface area contributed by atoms with E-state index >= 15 is 0 Å². The second-order valence-electron chi connectivity index (χ2n) is 3.76. The summed E-state index contributed by atoms with van der Waals surface area (Å²) in [5.41, 5.74) is 11.0. The van der Waals surface area contributed by atoms with Gasteiger partial charge in [-0.1, -0.05) is 0 Å². The minimum atomic E-state index is -0.553. The predicted octanol–water partition coefficient (Wildman–Crippen LogP) is -1.82. The lowest BCUT2D eigenvalue weighted by atomic mass is 10.1. The summed E-state index contributed by atoms with van der Waals surface area (Å²) in [6.45, 7) is 1.16. The molecule has 0 amide bonds. The van der Waals surface area contributed by atoms with E-state index in [9.17, 15) is 0 Å². The van der Waals surface area contributed by atoms with E-state index in [4.69, 9.17) is 11.5 Å². The smallest absolute Gasteiger partial charge is 0.0881 e. The molecule has 0 aliphatic carbocycles. The molecule has 2 atom stereocenters. The minimum absolute atomic E-state index is 0.526. The molecule has 0 fully saturated rings. The molecule has 0 aromatic rings. The molecule has 0 rings (SSSR count). The van der Waals surface area contributed by atoms with Crippen molar-refractivity contribution in [2.45, 2.75) is 11.3 Å². The van der Waals surface area contributed by atoms with Crippen LogP contribution in [0.25, 0.3) is 0 Å². The molecule has 92 valence electrons. The normalized spacial score (nSPS) is 19.6. The van der Waals surface area contributed by atoms with E-state index in [2.05, 4.69) is 41.2 Å². The van der Waals surface area contributed by atoms with Crippen LogP contribution in [0.2, 0.25) is 0 Å². The Morgan fingerprint density at radius 1 is 1.00 bits per heavy atom. The molecule has 15 heavy (non-hydrogen) atoms. The molecule has 0 unspecified atom stereocenters. The van der Waals surface area contributed by atoms with Crippen LogP contribution >= 0.6 is 25.3 Å². The highest BCUT2D eigenvalue weighted by molar-refractivity contribution is 7.80. The van der Waals surface area contributed by atoms with Gasteiger partial charge in [-0.3, -0.25) is 5.32 Å². The molecule has 0 saturated carbocycles. The van der Waals surface area contributed by atoms with Crippen LogP contribution < -0.4 is 27.4 Å². The molecule has 5 nitrogen and oxygen atoms in total. The van der Waals surface area contributed by atoms with E-state index in [0.717, 1.165) is 0 Å². The summed E-state index contributed by atoms with van der Waals surface area (Å²) in [6, 6.07) is 0. The first-order chi connectivity index (χ1) is 6.95. The highest BCUT2D eigenvalue weighted by Crippen LogP contribution is 2.01. The topological polar surface area (TPSA) is 88.1 Å². The lowest BCUT2D eigenvalue weighted by Crippen LogP contribution is -2.68. The van der Waals surface area contributed by atoms with Gasteiger partial charge in [0.25, 0.3) is 0 Å². The number of hydrogen-bond acceptors (Lipinski definition) is 7. The van der Waals surface area contributed by atoms with Crippen LogP contribution in [0.3, 0.4) is 0 Å². The summed E-state index contributed by atoms with van der Waals surface area (Å²) < 4.78 is 0. The Bertz CT molecular complexity index is 176. The van der Waals surface area contributed by atoms with Gasteiger partial charge >= 0.3 is 0 Å².